The van der Waals surface area contributed by atoms with Gasteiger partial charge >= 0.3 is 6.09 Å². The topological polar surface area (TPSA) is 59.0 Å². The van der Waals surface area contributed by atoms with Crippen LogP contribution in [0.25, 0.3) is 0 Å². The fourth-order valence-electron chi connectivity index (χ4n) is 2.16. The number of methoxy groups -OCH3 is 1. The van der Waals surface area contributed by atoms with Crippen molar-refractivity contribution in [3.63, 3.8) is 0 Å². The summed E-state index contributed by atoms with van der Waals surface area (Å²) < 4.78 is 10.5. The van der Waals surface area contributed by atoms with Crippen molar-refractivity contribution in [2.24, 2.45) is 5.92 Å². The van der Waals surface area contributed by atoms with E-state index in [0.717, 1.165) is 12.8 Å². The molecule has 5 heteroatoms. The summed E-state index contributed by atoms with van der Waals surface area (Å²) in [5, 5.41) is 9.23. The highest BCUT2D eigenvalue weighted by molar-refractivity contribution is 5.68. The maximum Gasteiger partial charge on any atom is 0.410 e. The lowest BCUT2D eigenvalue weighted by molar-refractivity contribution is -0.0150. The summed E-state index contributed by atoms with van der Waals surface area (Å²) >= 11 is 0. The summed E-state index contributed by atoms with van der Waals surface area (Å²) in [5.41, 5.74) is -0.499. The van der Waals surface area contributed by atoms with Crippen LogP contribution in [0.4, 0.5) is 4.79 Å². The van der Waals surface area contributed by atoms with Crippen molar-refractivity contribution in [3.05, 3.63) is 0 Å². The number of ether oxygens (including phenoxy) is 2. The quantitative estimate of drug-likeness (QED) is 0.837. The van der Waals surface area contributed by atoms with Gasteiger partial charge in [0.2, 0.25) is 0 Å². The first-order valence-corrected chi connectivity index (χ1v) is 6.46. The van der Waals surface area contributed by atoms with Gasteiger partial charge in [0.05, 0.1) is 12.6 Å². The lowest BCUT2D eigenvalue weighted by Gasteiger charge is -2.39. The number of aliphatic hydroxyl groups is 1. The third-order valence-electron chi connectivity index (χ3n) is 3.05. The van der Waals surface area contributed by atoms with E-state index in [0.29, 0.717) is 13.2 Å². The molecule has 0 aromatic rings. The minimum absolute atomic E-state index is 0.0487. The van der Waals surface area contributed by atoms with Crippen LogP contribution in [0.3, 0.4) is 0 Å². The summed E-state index contributed by atoms with van der Waals surface area (Å²) in [7, 11) is 1.63. The first-order valence-electron chi connectivity index (χ1n) is 6.46. The maximum atomic E-state index is 12.1. The van der Waals surface area contributed by atoms with E-state index in [1.807, 2.05) is 20.8 Å². The SMILES string of the molecule is COCC1CCC(CO)CN1C(=O)OC(C)(C)C. The Hall–Kier alpha value is -0.810. The van der Waals surface area contributed by atoms with Crippen molar-refractivity contribution >= 4 is 6.09 Å². The zero-order valence-electron chi connectivity index (χ0n) is 11.8. The van der Waals surface area contributed by atoms with E-state index in [9.17, 15) is 9.90 Å². The van der Waals surface area contributed by atoms with E-state index in [4.69, 9.17) is 9.47 Å². The Morgan fingerprint density at radius 3 is 2.56 bits per heavy atom. The Morgan fingerprint density at radius 2 is 2.06 bits per heavy atom. The number of hydrogen-bond donors (Lipinski definition) is 1. The lowest BCUT2D eigenvalue weighted by Crippen LogP contribution is -2.51. The monoisotopic (exact) mass is 259 g/mol. The highest BCUT2D eigenvalue weighted by atomic mass is 16.6. The Morgan fingerprint density at radius 1 is 1.39 bits per heavy atom. The van der Waals surface area contributed by atoms with Crippen LogP contribution in [0.2, 0.25) is 0 Å². The molecule has 0 spiro atoms. The smallest absolute Gasteiger partial charge is 0.410 e. The van der Waals surface area contributed by atoms with Crippen molar-refractivity contribution in [2.45, 2.75) is 45.3 Å². The molecule has 1 N–H and O–H groups in total. The number of nitrogens with zero attached hydrogens (tertiary/aromatic N) is 1. The molecule has 0 bridgehead atoms. The first-order chi connectivity index (χ1) is 8.37. The third kappa shape index (κ3) is 4.46. The second kappa shape index (κ2) is 6.38. The molecule has 5 nitrogen and oxygen atoms in total. The average molecular weight is 259 g/mol. The van der Waals surface area contributed by atoms with Crippen molar-refractivity contribution in [1.82, 2.24) is 4.90 Å². The minimum atomic E-state index is -0.499. The molecule has 1 heterocycles. The van der Waals surface area contributed by atoms with E-state index >= 15 is 0 Å². The van der Waals surface area contributed by atoms with Gasteiger partial charge in [-0.05, 0) is 39.5 Å². The molecule has 0 radical (unpaired) electrons. The summed E-state index contributed by atoms with van der Waals surface area (Å²) in [6, 6.07) is 0.0487. The number of carbonyl (C=O) groups excluding carboxylic acids is 1. The molecule has 2 atom stereocenters. The molecular formula is C13H25NO4. The number of piperidine rings is 1. The van der Waals surface area contributed by atoms with Crippen LogP contribution in [0.5, 0.6) is 0 Å². The van der Waals surface area contributed by atoms with Crippen molar-refractivity contribution in [3.8, 4) is 0 Å². The second-order valence-corrected chi connectivity index (χ2v) is 5.87. The van der Waals surface area contributed by atoms with Crippen LogP contribution < -0.4 is 0 Å². The summed E-state index contributed by atoms with van der Waals surface area (Å²) in [5.74, 6) is 0.144. The highest BCUT2D eigenvalue weighted by Crippen LogP contribution is 2.24. The molecule has 1 aliphatic heterocycles. The van der Waals surface area contributed by atoms with Gasteiger partial charge in [0, 0.05) is 20.3 Å². The summed E-state index contributed by atoms with van der Waals surface area (Å²) in [4.78, 5) is 13.8. The predicted octanol–water partition coefficient (Wildman–Crippen LogP) is 1.64. The molecule has 1 fully saturated rings. The fraction of sp³-hybridized carbons (Fsp3) is 0.923. The molecule has 106 valence electrons. The molecule has 2 unspecified atom stereocenters. The van der Waals surface area contributed by atoms with Gasteiger partial charge in [-0.2, -0.15) is 0 Å². The number of amides is 1. The molecule has 1 aliphatic rings. The predicted molar refractivity (Wildman–Crippen MR) is 68.4 cm³/mol. The number of carbonyl (C=O) groups is 1. The van der Waals surface area contributed by atoms with Crippen molar-refractivity contribution in [2.75, 3.05) is 26.9 Å². The number of rotatable bonds is 3. The molecule has 0 aromatic carbocycles. The maximum absolute atomic E-state index is 12.1. The van der Waals surface area contributed by atoms with Crippen LogP contribution in [-0.2, 0) is 9.47 Å². The fourth-order valence-corrected chi connectivity index (χ4v) is 2.16. The van der Waals surface area contributed by atoms with Crippen LogP contribution in [-0.4, -0.2) is 54.6 Å². The van der Waals surface area contributed by atoms with Crippen LogP contribution in [0.15, 0.2) is 0 Å². The van der Waals surface area contributed by atoms with E-state index in [1.54, 1.807) is 12.0 Å². The average Bonchev–Trinajstić information content (AvgIpc) is 2.27. The first kappa shape index (κ1) is 15.2. The van der Waals surface area contributed by atoms with Gasteiger partial charge in [-0.1, -0.05) is 0 Å². The Kier molecular flexibility index (Phi) is 5.41. The third-order valence-corrected chi connectivity index (χ3v) is 3.05. The number of hydrogen-bond acceptors (Lipinski definition) is 4. The van der Waals surface area contributed by atoms with Gasteiger partial charge < -0.3 is 19.5 Å². The Labute approximate surface area is 109 Å². The van der Waals surface area contributed by atoms with Gasteiger partial charge in [-0.15, -0.1) is 0 Å². The molecule has 1 rings (SSSR count). The standard InChI is InChI=1S/C13H25NO4/c1-13(2,3)18-12(16)14-7-10(8-15)5-6-11(14)9-17-4/h10-11,15H,5-9H2,1-4H3. The van der Waals surface area contributed by atoms with Gasteiger partial charge in [-0.25, -0.2) is 4.79 Å². The molecule has 1 amide bonds. The van der Waals surface area contributed by atoms with Gasteiger partial charge in [0.25, 0.3) is 0 Å². The van der Waals surface area contributed by atoms with Gasteiger partial charge in [0.1, 0.15) is 5.60 Å². The Bertz CT molecular complexity index is 275. The highest BCUT2D eigenvalue weighted by Gasteiger charge is 2.33. The van der Waals surface area contributed by atoms with Crippen molar-refractivity contribution in [1.29, 1.82) is 0 Å². The van der Waals surface area contributed by atoms with Crippen molar-refractivity contribution < 1.29 is 19.4 Å². The molecule has 1 saturated heterocycles. The van der Waals surface area contributed by atoms with Gasteiger partial charge in [0.15, 0.2) is 0 Å². The molecule has 0 aromatic heterocycles. The van der Waals surface area contributed by atoms with E-state index in [2.05, 4.69) is 0 Å². The Balaban J connectivity index is 2.68. The molecule has 18 heavy (non-hydrogen) atoms. The van der Waals surface area contributed by atoms with E-state index in [-0.39, 0.29) is 24.7 Å². The molecule has 0 aliphatic carbocycles. The number of likely N-dealkylation sites (tertiary alicyclic amines) is 1. The van der Waals surface area contributed by atoms with Gasteiger partial charge in [-0.3, -0.25) is 0 Å². The van der Waals surface area contributed by atoms with E-state index in [1.165, 1.54) is 0 Å². The van der Waals surface area contributed by atoms with Crippen LogP contribution in [0, 0.1) is 5.92 Å². The van der Waals surface area contributed by atoms with Crippen LogP contribution in [0.1, 0.15) is 33.6 Å². The zero-order valence-corrected chi connectivity index (χ0v) is 11.8. The minimum Gasteiger partial charge on any atom is -0.444 e. The van der Waals surface area contributed by atoms with E-state index < -0.39 is 5.60 Å². The zero-order chi connectivity index (χ0) is 13.8. The van der Waals surface area contributed by atoms with Crippen LogP contribution >= 0.6 is 0 Å². The summed E-state index contributed by atoms with van der Waals surface area (Å²) in [6.45, 7) is 6.72. The normalized spacial score (nSPS) is 25.1. The summed E-state index contributed by atoms with van der Waals surface area (Å²) in [6.07, 6.45) is 1.45. The lowest BCUT2D eigenvalue weighted by atomic mass is 9.94. The molecular weight excluding hydrogens is 234 g/mol. The molecule has 0 saturated carbocycles. The number of aliphatic hydroxyl groups excluding tert-OH is 1. The largest absolute Gasteiger partial charge is 0.444 e. The second-order valence-electron chi connectivity index (χ2n) is 5.87.